The maximum atomic E-state index is 13.3. The molecule has 6 heteroatoms. The van der Waals surface area contributed by atoms with E-state index in [0.717, 1.165) is 56.9 Å². The molecule has 30 heavy (non-hydrogen) atoms. The minimum Gasteiger partial charge on any atom is -0.476 e. The van der Waals surface area contributed by atoms with E-state index in [0.29, 0.717) is 23.7 Å². The van der Waals surface area contributed by atoms with Crippen LogP contribution in [0.4, 0.5) is 0 Å². The Hall–Kier alpha value is -2.18. The zero-order valence-electron chi connectivity index (χ0n) is 18.4. The topological polar surface area (TPSA) is 50.6 Å². The fourth-order valence-electron chi connectivity index (χ4n) is 4.53. The van der Waals surface area contributed by atoms with Gasteiger partial charge in [0.2, 0.25) is 5.88 Å². The Labute approximate surface area is 179 Å². The average Bonchev–Trinajstić information content (AvgIpc) is 3.41. The summed E-state index contributed by atoms with van der Waals surface area (Å²) in [6.07, 6.45) is 7.01. The molecule has 0 saturated carbocycles. The number of rotatable bonds is 8. The van der Waals surface area contributed by atoms with Crippen molar-refractivity contribution in [2.24, 2.45) is 0 Å². The number of nitrogens with zero attached hydrogens (tertiary/aromatic N) is 4. The maximum Gasteiger partial charge on any atom is 0.260 e. The summed E-state index contributed by atoms with van der Waals surface area (Å²) >= 11 is 0. The zero-order chi connectivity index (χ0) is 20.9. The van der Waals surface area contributed by atoms with Crippen molar-refractivity contribution < 1.29 is 4.74 Å². The summed E-state index contributed by atoms with van der Waals surface area (Å²) in [5.74, 6) is 0.607. The minimum atomic E-state index is 0.0373. The highest BCUT2D eigenvalue weighted by atomic mass is 16.5. The van der Waals surface area contributed by atoms with Gasteiger partial charge >= 0.3 is 0 Å². The number of likely N-dealkylation sites (tertiary alicyclic amines) is 2. The molecule has 0 aliphatic carbocycles. The number of hydrogen-bond donors (Lipinski definition) is 0. The van der Waals surface area contributed by atoms with Crippen LogP contribution in [0.1, 0.15) is 36.8 Å². The molecule has 6 nitrogen and oxygen atoms in total. The van der Waals surface area contributed by atoms with Crippen molar-refractivity contribution in [1.82, 2.24) is 19.4 Å². The third-order valence-electron chi connectivity index (χ3n) is 6.29. The number of ether oxygens (including phenoxy) is 1. The predicted octanol–water partition coefficient (Wildman–Crippen LogP) is 3.10. The van der Waals surface area contributed by atoms with E-state index in [1.807, 2.05) is 42.8 Å². The van der Waals surface area contributed by atoms with E-state index in [1.165, 1.54) is 25.7 Å². The Morgan fingerprint density at radius 2 is 1.60 bits per heavy atom. The molecular formula is C24H34N4O2. The largest absolute Gasteiger partial charge is 0.476 e. The second kappa shape index (κ2) is 9.75. The highest BCUT2D eigenvalue weighted by molar-refractivity contribution is 5.63. The zero-order valence-corrected chi connectivity index (χ0v) is 18.4. The van der Waals surface area contributed by atoms with Gasteiger partial charge in [0.15, 0.2) is 0 Å². The monoisotopic (exact) mass is 410 g/mol. The van der Waals surface area contributed by atoms with Gasteiger partial charge in [-0.15, -0.1) is 0 Å². The molecule has 2 aliphatic heterocycles. The van der Waals surface area contributed by atoms with E-state index in [4.69, 9.17) is 9.72 Å². The summed E-state index contributed by atoms with van der Waals surface area (Å²) in [5.41, 5.74) is 3.45. The molecule has 4 rings (SSSR count). The van der Waals surface area contributed by atoms with Crippen LogP contribution in [0.2, 0.25) is 0 Å². The van der Waals surface area contributed by atoms with E-state index in [9.17, 15) is 4.79 Å². The van der Waals surface area contributed by atoms with Crippen LogP contribution in [0, 0.1) is 13.8 Å². The van der Waals surface area contributed by atoms with Crippen LogP contribution in [0.25, 0.3) is 11.3 Å². The number of aromatic nitrogens is 2. The number of aryl methyl sites for hydroxylation is 2. The molecule has 0 spiro atoms. The van der Waals surface area contributed by atoms with E-state index in [-0.39, 0.29) is 5.56 Å². The van der Waals surface area contributed by atoms with Gasteiger partial charge in [0.25, 0.3) is 5.56 Å². The van der Waals surface area contributed by atoms with Crippen LogP contribution in [0.15, 0.2) is 29.2 Å². The standard InChI is InChI=1S/C24H34N4O2/c1-19-17-21(25-22(18-19)30-16-15-27-10-5-6-11-27)23-20(2)7-12-28(24(23)29)14-13-26-8-3-4-9-26/h7,12,17-18H,3-6,8-11,13-16H2,1-2H3. The normalized spacial score (nSPS) is 17.7. The van der Waals surface area contributed by atoms with Crippen LogP contribution in [-0.4, -0.2) is 65.2 Å². The second-order valence-electron chi connectivity index (χ2n) is 8.69. The smallest absolute Gasteiger partial charge is 0.260 e. The molecular weight excluding hydrogens is 376 g/mol. The van der Waals surface area contributed by atoms with Gasteiger partial charge < -0.3 is 14.2 Å². The van der Waals surface area contributed by atoms with Gasteiger partial charge in [0.05, 0.1) is 11.3 Å². The Morgan fingerprint density at radius 1 is 0.933 bits per heavy atom. The van der Waals surface area contributed by atoms with E-state index < -0.39 is 0 Å². The summed E-state index contributed by atoms with van der Waals surface area (Å²) in [6.45, 7) is 11.8. The van der Waals surface area contributed by atoms with Crippen molar-refractivity contribution in [3.05, 3.63) is 45.9 Å². The minimum absolute atomic E-state index is 0.0373. The third-order valence-corrected chi connectivity index (χ3v) is 6.29. The van der Waals surface area contributed by atoms with Crippen molar-refractivity contribution in [2.75, 3.05) is 45.9 Å². The first-order chi connectivity index (χ1) is 14.6. The number of hydrogen-bond acceptors (Lipinski definition) is 5. The summed E-state index contributed by atoms with van der Waals surface area (Å²) in [5, 5.41) is 0. The lowest BCUT2D eigenvalue weighted by atomic mass is 10.1. The quantitative estimate of drug-likeness (QED) is 0.669. The van der Waals surface area contributed by atoms with Crippen molar-refractivity contribution in [3.8, 4) is 17.1 Å². The first-order valence-corrected chi connectivity index (χ1v) is 11.4. The molecule has 0 bridgehead atoms. The fourth-order valence-corrected chi connectivity index (χ4v) is 4.53. The molecule has 162 valence electrons. The van der Waals surface area contributed by atoms with Crippen LogP contribution in [-0.2, 0) is 6.54 Å². The van der Waals surface area contributed by atoms with Crippen LogP contribution in [0.3, 0.4) is 0 Å². The molecule has 2 saturated heterocycles. The molecule has 0 atom stereocenters. The van der Waals surface area contributed by atoms with E-state index in [2.05, 4.69) is 9.80 Å². The van der Waals surface area contributed by atoms with Crippen molar-refractivity contribution in [2.45, 2.75) is 46.1 Å². The lowest BCUT2D eigenvalue weighted by Crippen LogP contribution is -2.30. The fraction of sp³-hybridized carbons (Fsp3) is 0.583. The first kappa shape index (κ1) is 21.1. The van der Waals surface area contributed by atoms with Gasteiger partial charge in [0, 0.05) is 31.9 Å². The van der Waals surface area contributed by atoms with Gasteiger partial charge in [-0.3, -0.25) is 9.69 Å². The molecule has 0 radical (unpaired) electrons. The van der Waals surface area contributed by atoms with Gasteiger partial charge in [-0.2, -0.15) is 0 Å². The molecule has 0 amide bonds. The van der Waals surface area contributed by atoms with Crippen LogP contribution < -0.4 is 10.3 Å². The lowest BCUT2D eigenvalue weighted by molar-refractivity contribution is 0.232. The van der Waals surface area contributed by atoms with Gasteiger partial charge in [0.1, 0.15) is 6.61 Å². The van der Waals surface area contributed by atoms with Gasteiger partial charge in [-0.05, 0) is 89.0 Å². The Kier molecular flexibility index (Phi) is 6.85. The van der Waals surface area contributed by atoms with Crippen molar-refractivity contribution >= 4 is 0 Å². The van der Waals surface area contributed by atoms with E-state index in [1.54, 1.807) is 0 Å². The van der Waals surface area contributed by atoms with Gasteiger partial charge in [-0.1, -0.05) is 0 Å². The highest BCUT2D eigenvalue weighted by Crippen LogP contribution is 2.22. The maximum absolute atomic E-state index is 13.3. The Bertz CT molecular complexity index is 912. The average molecular weight is 411 g/mol. The van der Waals surface area contributed by atoms with Crippen LogP contribution in [0.5, 0.6) is 5.88 Å². The van der Waals surface area contributed by atoms with E-state index >= 15 is 0 Å². The SMILES string of the molecule is Cc1cc(OCCN2CCCC2)nc(-c2c(C)ccn(CCN3CCCC3)c2=O)c1. The molecule has 4 heterocycles. The van der Waals surface area contributed by atoms with Crippen molar-refractivity contribution in [1.29, 1.82) is 0 Å². The van der Waals surface area contributed by atoms with Gasteiger partial charge in [-0.25, -0.2) is 4.98 Å². The molecule has 0 unspecified atom stereocenters. The molecule has 2 aliphatic rings. The first-order valence-electron chi connectivity index (χ1n) is 11.4. The summed E-state index contributed by atoms with van der Waals surface area (Å²) in [6, 6.07) is 5.97. The second-order valence-corrected chi connectivity index (χ2v) is 8.69. The van der Waals surface area contributed by atoms with Crippen molar-refractivity contribution in [3.63, 3.8) is 0 Å². The summed E-state index contributed by atoms with van der Waals surface area (Å²) in [4.78, 5) is 22.8. The highest BCUT2D eigenvalue weighted by Gasteiger charge is 2.16. The summed E-state index contributed by atoms with van der Waals surface area (Å²) in [7, 11) is 0. The third kappa shape index (κ3) is 5.10. The molecule has 0 aromatic carbocycles. The molecule has 0 N–H and O–H groups in total. The molecule has 2 fully saturated rings. The Morgan fingerprint density at radius 3 is 2.30 bits per heavy atom. The predicted molar refractivity (Wildman–Crippen MR) is 120 cm³/mol. The summed E-state index contributed by atoms with van der Waals surface area (Å²) < 4.78 is 7.80. The lowest BCUT2D eigenvalue weighted by Gasteiger charge is -2.17. The molecule has 2 aromatic rings. The number of pyridine rings is 2. The molecule has 2 aromatic heterocycles. The Balaban J connectivity index is 1.50. The van der Waals surface area contributed by atoms with Crippen LogP contribution >= 0.6 is 0 Å².